The summed E-state index contributed by atoms with van der Waals surface area (Å²) in [7, 11) is 1.67. The van der Waals surface area contributed by atoms with Crippen molar-refractivity contribution in [2.75, 3.05) is 7.11 Å². The van der Waals surface area contributed by atoms with E-state index in [1.807, 2.05) is 54.6 Å². The van der Waals surface area contributed by atoms with Gasteiger partial charge in [-0.15, -0.1) is 0 Å². The average molecular weight is 345 g/mol. The van der Waals surface area contributed by atoms with Crippen molar-refractivity contribution in [2.45, 2.75) is 12.8 Å². The number of aliphatic imine (C=N–C) groups is 1. The minimum atomic E-state index is 0.00491. The van der Waals surface area contributed by atoms with Crippen LogP contribution in [0.2, 0.25) is 0 Å². The number of allylic oxidation sites excluding steroid dienone is 1. The summed E-state index contributed by atoms with van der Waals surface area (Å²) in [5.74, 6) is 1.61. The van der Waals surface area contributed by atoms with Crippen LogP contribution in [-0.4, -0.2) is 28.4 Å². The Morgan fingerprint density at radius 3 is 2.77 bits per heavy atom. The number of rotatable bonds is 5. The molecule has 5 heteroatoms. The van der Waals surface area contributed by atoms with Crippen molar-refractivity contribution in [1.82, 2.24) is 9.97 Å². The molecule has 2 heterocycles. The second-order valence-corrected chi connectivity index (χ2v) is 6.11. The van der Waals surface area contributed by atoms with E-state index in [0.29, 0.717) is 12.1 Å². The molecule has 0 radical (unpaired) electrons. The van der Waals surface area contributed by atoms with Crippen LogP contribution in [0.1, 0.15) is 22.6 Å². The first-order valence-corrected chi connectivity index (χ1v) is 8.49. The number of aryl methyl sites for hydroxylation is 2. The Balaban J connectivity index is 1.54. The molecule has 0 unspecified atom stereocenters. The van der Waals surface area contributed by atoms with Crippen molar-refractivity contribution in [3.05, 3.63) is 71.2 Å². The molecule has 0 fully saturated rings. The minimum Gasteiger partial charge on any atom is -0.496 e. The number of aromatic nitrogens is 2. The molecule has 0 spiro atoms. The minimum absolute atomic E-state index is 0.00491. The monoisotopic (exact) mass is 345 g/mol. The Morgan fingerprint density at radius 1 is 1.08 bits per heavy atom. The standard InChI is InChI=1S/C21H19N3O2/c1-26-19-9-5-2-6-14(19)10-11-20-23-18(21(25)24-20)12-15-13-22-17-8-4-3-7-16(15)17/h2-9,12-13,25H,10-11H2,1H3,(H,23,24)/b15-12+. The molecule has 0 aliphatic carbocycles. The lowest BCUT2D eigenvalue weighted by molar-refractivity contribution is 0.409. The van der Waals surface area contributed by atoms with Crippen LogP contribution in [0.5, 0.6) is 11.6 Å². The highest BCUT2D eigenvalue weighted by Gasteiger charge is 2.14. The Kier molecular flexibility index (Phi) is 4.27. The number of benzene rings is 2. The van der Waals surface area contributed by atoms with E-state index in [9.17, 15) is 5.11 Å². The first-order valence-electron chi connectivity index (χ1n) is 8.49. The molecule has 5 nitrogen and oxygen atoms in total. The van der Waals surface area contributed by atoms with Crippen LogP contribution in [0.25, 0.3) is 11.6 Å². The van der Waals surface area contributed by atoms with Crippen molar-refractivity contribution in [2.24, 2.45) is 4.99 Å². The predicted molar refractivity (Wildman–Crippen MR) is 103 cm³/mol. The SMILES string of the molecule is COc1ccccc1CCc1nc(O)c(/C=C2\C=Nc3ccccc32)[nH]1. The summed E-state index contributed by atoms with van der Waals surface area (Å²) in [4.78, 5) is 11.8. The van der Waals surface area contributed by atoms with E-state index in [2.05, 4.69) is 15.0 Å². The van der Waals surface area contributed by atoms with Crippen LogP contribution < -0.4 is 4.74 Å². The normalized spacial score (nSPS) is 14.0. The Hall–Kier alpha value is -3.34. The van der Waals surface area contributed by atoms with E-state index in [1.54, 1.807) is 13.3 Å². The Bertz CT molecular complexity index is 1000. The van der Waals surface area contributed by atoms with Crippen LogP contribution >= 0.6 is 0 Å². The molecule has 0 saturated heterocycles. The van der Waals surface area contributed by atoms with Gasteiger partial charge in [-0.1, -0.05) is 36.4 Å². The van der Waals surface area contributed by atoms with Gasteiger partial charge in [0.25, 0.3) is 0 Å². The van der Waals surface area contributed by atoms with Gasteiger partial charge in [0.15, 0.2) is 0 Å². The van der Waals surface area contributed by atoms with Gasteiger partial charge in [0.2, 0.25) is 5.88 Å². The van der Waals surface area contributed by atoms with E-state index < -0.39 is 0 Å². The summed E-state index contributed by atoms with van der Waals surface area (Å²) in [6.45, 7) is 0. The molecule has 4 rings (SSSR count). The molecule has 0 atom stereocenters. The Labute approximate surface area is 151 Å². The number of hydrogen-bond donors (Lipinski definition) is 2. The number of imidazole rings is 1. The third kappa shape index (κ3) is 3.11. The molecular formula is C21H19N3O2. The van der Waals surface area contributed by atoms with E-state index in [1.165, 1.54) is 0 Å². The average Bonchev–Trinajstić information content (AvgIpc) is 3.24. The smallest absolute Gasteiger partial charge is 0.237 e. The molecule has 1 aliphatic rings. The van der Waals surface area contributed by atoms with Crippen LogP contribution in [0, 0.1) is 0 Å². The maximum atomic E-state index is 10.2. The molecule has 0 amide bonds. The number of methoxy groups -OCH3 is 1. The highest BCUT2D eigenvalue weighted by molar-refractivity contribution is 6.21. The summed E-state index contributed by atoms with van der Waals surface area (Å²) in [5.41, 5.74) is 4.66. The molecule has 1 aromatic heterocycles. The molecule has 2 aromatic carbocycles. The summed E-state index contributed by atoms with van der Waals surface area (Å²) < 4.78 is 5.38. The van der Waals surface area contributed by atoms with Crippen LogP contribution in [0.15, 0.2) is 53.5 Å². The van der Waals surface area contributed by atoms with Gasteiger partial charge in [0, 0.05) is 23.8 Å². The van der Waals surface area contributed by atoms with Gasteiger partial charge in [0.05, 0.1) is 12.8 Å². The molecule has 3 aromatic rings. The van der Waals surface area contributed by atoms with Gasteiger partial charge in [0.1, 0.15) is 17.3 Å². The maximum absolute atomic E-state index is 10.2. The van der Waals surface area contributed by atoms with E-state index in [-0.39, 0.29) is 5.88 Å². The third-order valence-electron chi connectivity index (χ3n) is 4.44. The Morgan fingerprint density at radius 2 is 1.88 bits per heavy atom. The summed E-state index contributed by atoms with van der Waals surface area (Å²) >= 11 is 0. The zero-order valence-electron chi connectivity index (χ0n) is 14.4. The van der Waals surface area contributed by atoms with Crippen molar-refractivity contribution in [3.8, 4) is 11.6 Å². The van der Waals surface area contributed by atoms with Crippen molar-refractivity contribution in [3.63, 3.8) is 0 Å². The molecule has 0 saturated carbocycles. The lowest BCUT2D eigenvalue weighted by Gasteiger charge is -2.06. The van der Waals surface area contributed by atoms with Gasteiger partial charge in [-0.3, -0.25) is 4.99 Å². The molecule has 26 heavy (non-hydrogen) atoms. The lowest BCUT2D eigenvalue weighted by Crippen LogP contribution is -1.96. The highest BCUT2D eigenvalue weighted by Crippen LogP contribution is 2.33. The number of nitrogens with zero attached hydrogens (tertiary/aromatic N) is 2. The first kappa shape index (κ1) is 16.1. The maximum Gasteiger partial charge on any atom is 0.237 e. The topological polar surface area (TPSA) is 70.5 Å². The van der Waals surface area contributed by atoms with Gasteiger partial charge in [-0.05, 0) is 30.2 Å². The number of ether oxygens (including phenoxy) is 1. The van der Waals surface area contributed by atoms with Gasteiger partial charge in [-0.25, -0.2) is 0 Å². The number of hydrogen-bond acceptors (Lipinski definition) is 4. The van der Waals surface area contributed by atoms with Crippen molar-refractivity contribution >= 4 is 23.6 Å². The van der Waals surface area contributed by atoms with Gasteiger partial charge >= 0.3 is 0 Å². The third-order valence-corrected chi connectivity index (χ3v) is 4.44. The van der Waals surface area contributed by atoms with E-state index in [4.69, 9.17) is 4.74 Å². The number of nitrogens with one attached hydrogen (secondary N) is 1. The van der Waals surface area contributed by atoms with Crippen molar-refractivity contribution < 1.29 is 9.84 Å². The van der Waals surface area contributed by atoms with Crippen LogP contribution in [-0.2, 0) is 12.8 Å². The number of H-pyrrole nitrogens is 1. The number of para-hydroxylation sites is 2. The highest BCUT2D eigenvalue weighted by atomic mass is 16.5. The van der Waals surface area contributed by atoms with E-state index >= 15 is 0 Å². The van der Waals surface area contributed by atoms with Crippen LogP contribution in [0.3, 0.4) is 0 Å². The zero-order chi connectivity index (χ0) is 17.9. The van der Waals surface area contributed by atoms with Gasteiger partial charge in [-0.2, -0.15) is 4.98 Å². The summed E-state index contributed by atoms with van der Waals surface area (Å²) in [6, 6.07) is 15.9. The van der Waals surface area contributed by atoms with Gasteiger partial charge < -0.3 is 14.8 Å². The molecule has 2 N–H and O–H groups in total. The zero-order valence-corrected chi connectivity index (χ0v) is 14.4. The lowest BCUT2D eigenvalue weighted by atomic mass is 10.1. The molecule has 1 aliphatic heterocycles. The summed E-state index contributed by atoms with van der Waals surface area (Å²) in [6.07, 6.45) is 5.14. The second-order valence-electron chi connectivity index (χ2n) is 6.11. The fourth-order valence-electron chi connectivity index (χ4n) is 3.12. The largest absolute Gasteiger partial charge is 0.496 e. The number of aromatic hydroxyl groups is 1. The van der Waals surface area contributed by atoms with Crippen molar-refractivity contribution in [1.29, 1.82) is 0 Å². The first-order chi connectivity index (χ1) is 12.7. The predicted octanol–water partition coefficient (Wildman–Crippen LogP) is 4.17. The quantitative estimate of drug-likeness (QED) is 0.729. The molecular weight excluding hydrogens is 326 g/mol. The molecule has 0 bridgehead atoms. The number of aromatic amines is 1. The fraction of sp³-hybridized carbons (Fsp3) is 0.143. The second kappa shape index (κ2) is 6.88. The van der Waals surface area contributed by atoms with E-state index in [0.717, 1.165) is 40.4 Å². The summed E-state index contributed by atoms with van der Waals surface area (Å²) in [5, 5.41) is 10.2. The molecule has 130 valence electrons. The fourth-order valence-corrected chi connectivity index (χ4v) is 3.12. The number of fused-ring (bicyclic) bond motifs is 1. The van der Waals surface area contributed by atoms with Crippen LogP contribution in [0.4, 0.5) is 5.69 Å².